The molecule has 0 bridgehead atoms. The van der Waals surface area contributed by atoms with Crippen LogP contribution >= 0.6 is 0 Å². The highest BCUT2D eigenvalue weighted by Gasteiger charge is 2.30. The molecule has 1 saturated heterocycles. The van der Waals surface area contributed by atoms with Crippen LogP contribution in [0.5, 0.6) is 0 Å². The van der Waals surface area contributed by atoms with E-state index < -0.39 is 9.84 Å². The second-order valence-corrected chi connectivity index (χ2v) is 7.84. The number of benzene rings is 1. The van der Waals surface area contributed by atoms with Crippen LogP contribution in [-0.2, 0) is 14.6 Å². The van der Waals surface area contributed by atoms with Gasteiger partial charge in [0.05, 0.1) is 17.3 Å². The van der Waals surface area contributed by atoms with E-state index in [2.05, 4.69) is 5.32 Å². The van der Waals surface area contributed by atoms with Crippen molar-refractivity contribution in [3.05, 3.63) is 29.3 Å². The summed E-state index contributed by atoms with van der Waals surface area (Å²) in [5.74, 6) is 0.420. The molecule has 118 valence electrons. The number of hydrogen-bond donors (Lipinski definition) is 1. The third-order valence-corrected chi connectivity index (χ3v) is 5.99. The molecule has 1 aliphatic rings. The fraction of sp³-hybridized carbons (Fsp3) is 0.625. The maximum absolute atomic E-state index is 12.8. The van der Waals surface area contributed by atoms with Crippen LogP contribution < -0.4 is 5.32 Å². The summed E-state index contributed by atoms with van der Waals surface area (Å²) >= 11 is 0. The summed E-state index contributed by atoms with van der Waals surface area (Å²) in [6.07, 6.45) is 0.931. The maximum atomic E-state index is 12.8. The molecule has 2 atom stereocenters. The number of sulfone groups is 1. The highest BCUT2D eigenvalue weighted by Crippen LogP contribution is 2.23. The Hall–Kier alpha value is -0.910. The van der Waals surface area contributed by atoms with E-state index in [1.807, 2.05) is 32.9 Å². The highest BCUT2D eigenvalue weighted by molar-refractivity contribution is 7.91. The summed E-state index contributed by atoms with van der Waals surface area (Å²) < 4.78 is 30.9. The topological polar surface area (TPSA) is 55.4 Å². The lowest BCUT2D eigenvalue weighted by atomic mass is 10.0. The normalized spacial score (nSPS) is 20.6. The monoisotopic (exact) mass is 311 g/mol. The van der Waals surface area contributed by atoms with Crippen LogP contribution in [0.15, 0.2) is 23.1 Å². The fourth-order valence-electron chi connectivity index (χ4n) is 2.86. The van der Waals surface area contributed by atoms with Crippen molar-refractivity contribution in [2.24, 2.45) is 5.92 Å². The van der Waals surface area contributed by atoms with E-state index in [0.29, 0.717) is 11.5 Å². The first-order valence-electron chi connectivity index (χ1n) is 7.55. The smallest absolute Gasteiger partial charge is 0.180 e. The average Bonchev–Trinajstić information content (AvgIpc) is 2.95. The lowest BCUT2D eigenvalue weighted by Gasteiger charge is -2.23. The summed E-state index contributed by atoms with van der Waals surface area (Å²) in [4.78, 5) is 0.462. The highest BCUT2D eigenvalue weighted by atomic mass is 32.2. The summed E-state index contributed by atoms with van der Waals surface area (Å²) in [6.45, 7) is 7.94. The molecule has 1 fully saturated rings. The van der Waals surface area contributed by atoms with Gasteiger partial charge in [-0.3, -0.25) is 0 Å². The number of nitrogens with one attached hydrogen (secondary N) is 1. The van der Waals surface area contributed by atoms with Crippen LogP contribution in [0.1, 0.15) is 24.5 Å². The molecule has 21 heavy (non-hydrogen) atoms. The molecule has 0 radical (unpaired) electrons. The van der Waals surface area contributed by atoms with Gasteiger partial charge in [-0.15, -0.1) is 0 Å². The Morgan fingerprint density at radius 1 is 1.38 bits per heavy atom. The van der Waals surface area contributed by atoms with E-state index in [-0.39, 0.29) is 17.7 Å². The largest absolute Gasteiger partial charge is 0.381 e. The minimum Gasteiger partial charge on any atom is -0.381 e. The van der Waals surface area contributed by atoms with Crippen LogP contribution in [0, 0.1) is 19.8 Å². The van der Waals surface area contributed by atoms with Gasteiger partial charge in [0.1, 0.15) is 0 Å². The van der Waals surface area contributed by atoms with Gasteiger partial charge in [-0.1, -0.05) is 19.1 Å². The van der Waals surface area contributed by atoms with Gasteiger partial charge in [-0.2, -0.15) is 0 Å². The zero-order valence-electron chi connectivity index (χ0n) is 13.1. The predicted molar refractivity (Wildman–Crippen MR) is 84.4 cm³/mol. The van der Waals surface area contributed by atoms with Crippen molar-refractivity contribution in [3.8, 4) is 0 Å². The Labute approximate surface area is 127 Å². The molecular weight excluding hydrogens is 286 g/mol. The van der Waals surface area contributed by atoms with Gasteiger partial charge in [-0.05, 0) is 44.0 Å². The van der Waals surface area contributed by atoms with E-state index in [1.54, 1.807) is 6.07 Å². The van der Waals surface area contributed by atoms with Gasteiger partial charge in [0.2, 0.25) is 0 Å². The second-order valence-electron chi connectivity index (χ2n) is 5.84. The van der Waals surface area contributed by atoms with E-state index in [4.69, 9.17) is 4.74 Å². The zero-order chi connectivity index (χ0) is 15.5. The fourth-order valence-corrected chi connectivity index (χ4v) is 4.83. The predicted octanol–water partition coefficient (Wildman–Crippen LogP) is 2.09. The average molecular weight is 311 g/mol. The molecule has 2 rings (SSSR count). The molecule has 4 nitrogen and oxygen atoms in total. The summed E-state index contributed by atoms with van der Waals surface area (Å²) in [6, 6.07) is 5.56. The van der Waals surface area contributed by atoms with Gasteiger partial charge in [0.25, 0.3) is 0 Å². The standard InChI is InChI=1S/C16H25NO3S/c1-4-17-15(14-7-8-20-10-14)11-21(18,19)16-9-12(2)5-6-13(16)3/h5-6,9,14-15,17H,4,7-8,10-11H2,1-3H3. The third kappa shape index (κ3) is 4.05. The van der Waals surface area contributed by atoms with E-state index in [1.165, 1.54) is 0 Å². The number of ether oxygens (including phenoxy) is 1. The second kappa shape index (κ2) is 6.90. The van der Waals surface area contributed by atoms with E-state index >= 15 is 0 Å². The van der Waals surface area contributed by atoms with Crippen LogP contribution in [0.25, 0.3) is 0 Å². The molecule has 1 aromatic rings. The van der Waals surface area contributed by atoms with Crippen molar-refractivity contribution in [2.45, 2.75) is 38.1 Å². The first-order valence-corrected chi connectivity index (χ1v) is 9.20. The molecule has 0 aromatic heterocycles. The number of rotatable bonds is 6. The number of hydrogen-bond acceptors (Lipinski definition) is 4. The Balaban J connectivity index is 2.23. The quantitative estimate of drug-likeness (QED) is 0.874. The van der Waals surface area contributed by atoms with Crippen LogP contribution in [0.4, 0.5) is 0 Å². The summed E-state index contributed by atoms with van der Waals surface area (Å²) in [7, 11) is -3.29. The van der Waals surface area contributed by atoms with Gasteiger partial charge in [-0.25, -0.2) is 8.42 Å². The Kier molecular flexibility index (Phi) is 5.41. The Morgan fingerprint density at radius 3 is 2.76 bits per heavy atom. The molecule has 1 aromatic carbocycles. The minimum absolute atomic E-state index is 0.0394. The molecule has 5 heteroatoms. The number of aryl methyl sites for hydroxylation is 2. The molecule has 0 saturated carbocycles. The Morgan fingerprint density at radius 2 is 2.14 bits per heavy atom. The van der Waals surface area contributed by atoms with Gasteiger partial charge >= 0.3 is 0 Å². The Bertz CT molecular complexity index is 577. The molecule has 1 N–H and O–H groups in total. The van der Waals surface area contributed by atoms with Crippen LogP contribution in [-0.4, -0.2) is 40.0 Å². The van der Waals surface area contributed by atoms with Crippen molar-refractivity contribution in [2.75, 3.05) is 25.5 Å². The molecule has 0 amide bonds. The van der Waals surface area contributed by atoms with Crippen LogP contribution in [0.3, 0.4) is 0 Å². The van der Waals surface area contributed by atoms with Crippen molar-refractivity contribution in [3.63, 3.8) is 0 Å². The van der Waals surface area contributed by atoms with Crippen molar-refractivity contribution >= 4 is 9.84 Å². The van der Waals surface area contributed by atoms with E-state index in [0.717, 1.165) is 30.7 Å². The molecule has 0 aliphatic carbocycles. The first-order chi connectivity index (χ1) is 9.94. The lowest BCUT2D eigenvalue weighted by Crippen LogP contribution is -2.42. The summed E-state index contributed by atoms with van der Waals surface area (Å²) in [5.41, 5.74) is 1.79. The third-order valence-electron chi connectivity index (χ3n) is 4.08. The molecule has 1 aliphatic heterocycles. The maximum Gasteiger partial charge on any atom is 0.180 e. The van der Waals surface area contributed by atoms with Gasteiger partial charge < -0.3 is 10.1 Å². The van der Waals surface area contributed by atoms with Gasteiger partial charge in [0, 0.05) is 18.6 Å². The van der Waals surface area contributed by atoms with Gasteiger partial charge in [0.15, 0.2) is 9.84 Å². The molecular formula is C16H25NO3S. The van der Waals surface area contributed by atoms with Crippen LogP contribution in [0.2, 0.25) is 0 Å². The lowest BCUT2D eigenvalue weighted by molar-refractivity contribution is 0.179. The van der Waals surface area contributed by atoms with Crippen molar-refractivity contribution in [1.82, 2.24) is 5.32 Å². The SMILES string of the molecule is CCNC(CS(=O)(=O)c1cc(C)ccc1C)C1CCOC1. The van der Waals surface area contributed by atoms with E-state index in [9.17, 15) is 8.42 Å². The molecule has 2 unspecified atom stereocenters. The minimum atomic E-state index is -3.29. The zero-order valence-corrected chi connectivity index (χ0v) is 13.9. The summed E-state index contributed by atoms with van der Waals surface area (Å²) in [5, 5.41) is 3.33. The molecule has 1 heterocycles. The molecule has 0 spiro atoms. The van der Waals surface area contributed by atoms with Crippen molar-refractivity contribution < 1.29 is 13.2 Å². The van der Waals surface area contributed by atoms with Crippen molar-refractivity contribution in [1.29, 1.82) is 0 Å². The first kappa shape index (κ1) is 16.5.